The van der Waals surface area contributed by atoms with E-state index in [2.05, 4.69) is 4.74 Å². The number of nitrogens with zero attached hydrogens (tertiary/aromatic N) is 3. The molecule has 2 aliphatic heterocycles. The molecule has 0 aromatic rings. The fourth-order valence-electron chi connectivity index (χ4n) is 2.98. The zero-order valence-electron chi connectivity index (χ0n) is 13.1. The number of rotatable bonds is 2. The zero-order chi connectivity index (χ0) is 17.0. The number of alkyl halides is 3. The number of methoxy groups -OCH3 is 1. The second-order valence-electron chi connectivity index (χ2n) is 5.95. The van der Waals surface area contributed by atoms with E-state index in [4.69, 9.17) is 0 Å². The lowest BCUT2D eigenvalue weighted by atomic mass is 9.97. The Labute approximate surface area is 133 Å². The van der Waals surface area contributed by atoms with Gasteiger partial charge < -0.3 is 14.5 Å². The first-order valence-corrected chi connectivity index (χ1v) is 7.71. The topological polar surface area (TPSA) is 53.1 Å². The van der Waals surface area contributed by atoms with Gasteiger partial charge in [-0.15, -0.1) is 0 Å². The van der Waals surface area contributed by atoms with Crippen LogP contribution in [-0.2, 0) is 9.53 Å². The summed E-state index contributed by atoms with van der Waals surface area (Å²) in [6, 6.07) is 0. The Bertz CT molecular complexity index is 437. The largest absolute Gasteiger partial charge is 0.453 e. The second-order valence-corrected chi connectivity index (χ2v) is 5.95. The summed E-state index contributed by atoms with van der Waals surface area (Å²) in [5.74, 6) is -1.69. The highest BCUT2D eigenvalue weighted by Gasteiger charge is 2.42. The van der Waals surface area contributed by atoms with Gasteiger partial charge in [-0.2, -0.15) is 13.2 Å². The number of ether oxygens (including phenoxy) is 1. The molecule has 0 aromatic carbocycles. The summed E-state index contributed by atoms with van der Waals surface area (Å²) >= 11 is 0. The molecule has 9 heteroatoms. The third-order valence-electron chi connectivity index (χ3n) is 4.40. The summed E-state index contributed by atoms with van der Waals surface area (Å²) in [7, 11) is 1.31. The number of halogens is 3. The number of hydrogen-bond donors (Lipinski definition) is 0. The molecule has 2 aliphatic rings. The first-order chi connectivity index (χ1) is 10.8. The fourth-order valence-corrected chi connectivity index (χ4v) is 2.98. The number of hydrogen-bond acceptors (Lipinski definition) is 4. The van der Waals surface area contributed by atoms with Crippen molar-refractivity contribution in [2.75, 3.05) is 52.9 Å². The molecule has 6 nitrogen and oxygen atoms in total. The molecule has 2 amide bonds. The summed E-state index contributed by atoms with van der Waals surface area (Å²) in [6.07, 6.45) is -4.18. The molecule has 0 bridgehead atoms. The Kier molecular flexibility index (Phi) is 5.72. The maximum absolute atomic E-state index is 12.8. The van der Waals surface area contributed by atoms with Gasteiger partial charge in [0, 0.05) is 39.3 Å². The highest BCUT2D eigenvalue weighted by molar-refractivity contribution is 5.78. The van der Waals surface area contributed by atoms with Crippen LogP contribution >= 0.6 is 0 Å². The van der Waals surface area contributed by atoms with Gasteiger partial charge in [0.2, 0.25) is 5.91 Å². The molecule has 0 radical (unpaired) electrons. The van der Waals surface area contributed by atoms with Crippen molar-refractivity contribution in [3.8, 4) is 0 Å². The highest BCUT2D eigenvalue weighted by atomic mass is 19.4. The summed E-state index contributed by atoms with van der Waals surface area (Å²) in [5.41, 5.74) is 0. The summed E-state index contributed by atoms with van der Waals surface area (Å²) in [5, 5.41) is 0. The summed E-state index contributed by atoms with van der Waals surface area (Å²) in [6.45, 7) is 2.16. The van der Waals surface area contributed by atoms with E-state index in [9.17, 15) is 22.8 Å². The van der Waals surface area contributed by atoms with Crippen LogP contribution in [0.3, 0.4) is 0 Å². The third kappa shape index (κ3) is 4.73. The lowest BCUT2D eigenvalue weighted by molar-refractivity contribution is -0.188. The normalized spacial score (nSPS) is 23.7. The van der Waals surface area contributed by atoms with E-state index in [0.717, 1.165) is 0 Å². The first kappa shape index (κ1) is 17.8. The van der Waals surface area contributed by atoms with E-state index in [1.165, 1.54) is 12.0 Å². The molecule has 0 aromatic heterocycles. The van der Waals surface area contributed by atoms with Crippen LogP contribution in [0.4, 0.5) is 18.0 Å². The third-order valence-corrected chi connectivity index (χ3v) is 4.40. The molecular formula is C14H22F3N3O3. The maximum Gasteiger partial charge on any atom is 0.409 e. The van der Waals surface area contributed by atoms with Gasteiger partial charge >= 0.3 is 12.3 Å². The van der Waals surface area contributed by atoms with Crippen molar-refractivity contribution in [2.24, 2.45) is 5.92 Å². The maximum atomic E-state index is 12.8. The highest BCUT2D eigenvalue weighted by Crippen LogP contribution is 2.33. The number of amides is 2. The van der Waals surface area contributed by atoms with Gasteiger partial charge in [-0.1, -0.05) is 0 Å². The Hall–Kier alpha value is -1.51. The summed E-state index contributed by atoms with van der Waals surface area (Å²) < 4.78 is 43.0. The van der Waals surface area contributed by atoms with E-state index in [1.807, 2.05) is 4.90 Å². The number of carbonyl (C=O) groups excluding carboxylic acids is 2. The molecule has 1 unspecified atom stereocenters. The van der Waals surface area contributed by atoms with Crippen LogP contribution in [0.5, 0.6) is 0 Å². The van der Waals surface area contributed by atoms with E-state index >= 15 is 0 Å². The van der Waals surface area contributed by atoms with E-state index in [0.29, 0.717) is 39.1 Å². The lowest BCUT2D eigenvalue weighted by Crippen LogP contribution is -2.53. The van der Waals surface area contributed by atoms with Crippen LogP contribution < -0.4 is 0 Å². The molecule has 2 rings (SSSR count). The quantitative estimate of drug-likeness (QED) is 0.759. The monoisotopic (exact) mass is 337 g/mol. The van der Waals surface area contributed by atoms with E-state index < -0.39 is 18.2 Å². The van der Waals surface area contributed by atoms with Gasteiger partial charge in [0.25, 0.3) is 0 Å². The fraction of sp³-hybridized carbons (Fsp3) is 0.857. The van der Waals surface area contributed by atoms with E-state index in [1.54, 1.807) is 4.90 Å². The van der Waals surface area contributed by atoms with Gasteiger partial charge in [0.1, 0.15) is 0 Å². The standard InChI is InChI=1S/C14H22F3N3O3/c1-23-13(22)19-7-5-18(6-8-19)10-12(21)20-4-2-3-11(9-20)14(15,16)17/h11H,2-10H2,1H3. The van der Waals surface area contributed by atoms with Crippen LogP contribution in [0, 0.1) is 5.92 Å². The van der Waals surface area contributed by atoms with Crippen LogP contribution in [0.1, 0.15) is 12.8 Å². The molecule has 2 fully saturated rings. The van der Waals surface area contributed by atoms with Crippen molar-refractivity contribution < 1.29 is 27.5 Å². The number of piperazine rings is 1. The average Bonchev–Trinajstić information content (AvgIpc) is 2.54. The molecule has 23 heavy (non-hydrogen) atoms. The smallest absolute Gasteiger partial charge is 0.409 e. The van der Waals surface area contributed by atoms with Crippen LogP contribution in [-0.4, -0.2) is 85.8 Å². The van der Waals surface area contributed by atoms with Gasteiger partial charge in [-0.3, -0.25) is 9.69 Å². The molecule has 2 heterocycles. The molecule has 0 spiro atoms. The van der Waals surface area contributed by atoms with Crippen molar-refractivity contribution in [3.05, 3.63) is 0 Å². The molecule has 1 atom stereocenters. The molecular weight excluding hydrogens is 315 g/mol. The van der Waals surface area contributed by atoms with Crippen LogP contribution in [0.2, 0.25) is 0 Å². The van der Waals surface area contributed by atoms with Gasteiger partial charge in [0.15, 0.2) is 0 Å². The Morgan fingerprint density at radius 1 is 1.09 bits per heavy atom. The van der Waals surface area contributed by atoms with Crippen molar-refractivity contribution in [3.63, 3.8) is 0 Å². The Balaban J connectivity index is 1.80. The van der Waals surface area contributed by atoms with Gasteiger partial charge in [0.05, 0.1) is 19.6 Å². The molecule has 2 saturated heterocycles. The minimum atomic E-state index is -4.24. The average molecular weight is 337 g/mol. The Morgan fingerprint density at radius 3 is 2.30 bits per heavy atom. The molecule has 132 valence electrons. The number of likely N-dealkylation sites (tertiary alicyclic amines) is 1. The number of carbonyl (C=O) groups is 2. The van der Waals surface area contributed by atoms with Crippen molar-refractivity contribution in [2.45, 2.75) is 19.0 Å². The van der Waals surface area contributed by atoms with Gasteiger partial charge in [-0.05, 0) is 12.8 Å². The molecule has 0 saturated carbocycles. The lowest BCUT2D eigenvalue weighted by Gasteiger charge is -2.37. The van der Waals surface area contributed by atoms with Crippen molar-refractivity contribution in [1.82, 2.24) is 14.7 Å². The van der Waals surface area contributed by atoms with Crippen molar-refractivity contribution in [1.29, 1.82) is 0 Å². The minimum Gasteiger partial charge on any atom is -0.453 e. The van der Waals surface area contributed by atoms with Crippen molar-refractivity contribution >= 4 is 12.0 Å². The van der Waals surface area contributed by atoms with Gasteiger partial charge in [-0.25, -0.2) is 4.79 Å². The molecule has 0 N–H and O–H groups in total. The Morgan fingerprint density at radius 2 is 1.74 bits per heavy atom. The number of piperidine rings is 1. The predicted octanol–water partition coefficient (Wildman–Crippen LogP) is 1.17. The van der Waals surface area contributed by atoms with Crippen LogP contribution in [0.25, 0.3) is 0 Å². The summed E-state index contributed by atoms with van der Waals surface area (Å²) in [4.78, 5) is 28.3. The predicted molar refractivity (Wildman–Crippen MR) is 75.8 cm³/mol. The SMILES string of the molecule is COC(=O)N1CCN(CC(=O)N2CCCC(C(F)(F)F)C2)CC1. The second kappa shape index (κ2) is 7.37. The van der Waals surface area contributed by atoms with Crippen LogP contribution in [0.15, 0.2) is 0 Å². The van der Waals surface area contributed by atoms with E-state index in [-0.39, 0.29) is 25.4 Å². The molecule has 0 aliphatic carbocycles. The minimum absolute atomic E-state index is 0.0884. The zero-order valence-corrected chi connectivity index (χ0v) is 13.1. The first-order valence-electron chi connectivity index (χ1n) is 7.71.